The minimum atomic E-state index is -4.26. The smallest absolute Gasteiger partial charge is 0.364 e. The van der Waals surface area contributed by atoms with E-state index in [-0.39, 0.29) is 23.6 Å². The van der Waals surface area contributed by atoms with Crippen LogP contribution in [0.25, 0.3) is 0 Å². The van der Waals surface area contributed by atoms with Gasteiger partial charge < -0.3 is 4.90 Å². The number of hydrogen-bond donors (Lipinski definition) is 1. The molecule has 1 aromatic carbocycles. The first-order valence-electron chi connectivity index (χ1n) is 11.4. The Morgan fingerprint density at radius 3 is 2.67 bits per heavy atom. The molecule has 0 amide bonds. The fraction of sp³-hybridized carbons (Fsp3) is 0.542. The van der Waals surface area contributed by atoms with Gasteiger partial charge in [-0.25, -0.2) is 5.10 Å². The molecule has 33 heavy (non-hydrogen) atoms. The maximum atomic E-state index is 13.5. The van der Waals surface area contributed by atoms with Crippen LogP contribution in [0, 0.1) is 11.3 Å². The SMILES string of the molecule is C[C@@H]1CN([C@@H](C)c2cccc(C3CCC3)c2CC(F)(F)F)CCN1c1cn[nH]c(=O)c1C#N. The Labute approximate surface area is 191 Å². The molecule has 1 saturated carbocycles. The van der Waals surface area contributed by atoms with Crippen LogP contribution in [-0.4, -0.2) is 46.9 Å². The van der Waals surface area contributed by atoms with Crippen molar-refractivity contribution in [1.29, 1.82) is 5.26 Å². The summed E-state index contributed by atoms with van der Waals surface area (Å²) in [4.78, 5) is 16.1. The number of aromatic amines is 1. The van der Waals surface area contributed by atoms with E-state index in [2.05, 4.69) is 15.1 Å². The molecule has 2 atom stereocenters. The normalized spacial score (nSPS) is 20.8. The molecule has 2 heterocycles. The minimum absolute atomic E-state index is 0.0269. The molecule has 9 heteroatoms. The summed E-state index contributed by atoms with van der Waals surface area (Å²) in [5.74, 6) is 0.221. The quantitative estimate of drug-likeness (QED) is 0.722. The monoisotopic (exact) mass is 459 g/mol. The zero-order chi connectivity index (χ0) is 23.8. The van der Waals surface area contributed by atoms with E-state index in [0.717, 1.165) is 30.4 Å². The van der Waals surface area contributed by atoms with Crippen molar-refractivity contribution in [1.82, 2.24) is 15.1 Å². The van der Waals surface area contributed by atoms with Crippen LogP contribution in [-0.2, 0) is 6.42 Å². The van der Waals surface area contributed by atoms with Gasteiger partial charge in [0.25, 0.3) is 5.56 Å². The third-order valence-electron chi connectivity index (χ3n) is 7.08. The van der Waals surface area contributed by atoms with Gasteiger partial charge in [0, 0.05) is 31.7 Å². The molecular weight excluding hydrogens is 431 g/mol. The Morgan fingerprint density at radius 1 is 1.30 bits per heavy atom. The molecule has 4 rings (SSSR count). The van der Waals surface area contributed by atoms with Gasteiger partial charge in [0.15, 0.2) is 0 Å². The average Bonchev–Trinajstić information content (AvgIpc) is 2.72. The molecule has 1 N–H and O–H groups in total. The number of H-pyrrole nitrogens is 1. The number of nitriles is 1. The number of nitrogens with zero attached hydrogens (tertiary/aromatic N) is 4. The summed E-state index contributed by atoms with van der Waals surface area (Å²) in [5.41, 5.74) is 2.02. The van der Waals surface area contributed by atoms with Crippen molar-refractivity contribution in [3.8, 4) is 6.07 Å². The van der Waals surface area contributed by atoms with Crippen LogP contribution < -0.4 is 10.5 Å². The summed E-state index contributed by atoms with van der Waals surface area (Å²) >= 11 is 0. The van der Waals surface area contributed by atoms with Crippen molar-refractivity contribution in [3.05, 3.63) is 57.0 Å². The fourth-order valence-electron chi connectivity index (χ4n) is 5.13. The molecule has 0 radical (unpaired) electrons. The number of benzene rings is 1. The average molecular weight is 460 g/mol. The lowest BCUT2D eigenvalue weighted by Crippen LogP contribution is -2.53. The van der Waals surface area contributed by atoms with Gasteiger partial charge in [0.2, 0.25) is 0 Å². The topological polar surface area (TPSA) is 76.0 Å². The van der Waals surface area contributed by atoms with Gasteiger partial charge in [0.1, 0.15) is 11.6 Å². The first kappa shape index (κ1) is 23.3. The van der Waals surface area contributed by atoms with E-state index in [1.165, 1.54) is 6.20 Å². The highest BCUT2D eigenvalue weighted by Gasteiger charge is 2.35. The summed E-state index contributed by atoms with van der Waals surface area (Å²) in [6.07, 6.45) is -0.718. The molecule has 1 aromatic heterocycles. The van der Waals surface area contributed by atoms with Crippen molar-refractivity contribution in [3.63, 3.8) is 0 Å². The largest absolute Gasteiger partial charge is 0.393 e. The number of aromatic nitrogens is 2. The zero-order valence-corrected chi connectivity index (χ0v) is 18.8. The van der Waals surface area contributed by atoms with Crippen LogP contribution in [0.15, 0.2) is 29.2 Å². The lowest BCUT2D eigenvalue weighted by Gasteiger charge is -2.44. The second-order valence-corrected chi connectivity index (χ2v) is 9.12. The van der Waals surface area contributed by atoms with E-state index in [0.29, 0.717) is 30.9 Å². The second kappa shape index (κ2) is 9.18. The number of nitrogens with one attached hydrogen (secondary N) is 1. The highest BCUT2D eigenvalue weighted by atomic mass is 19.4. The van der Waals surface area contributed by atoms with Crippen molar-refractivity contribution < 1.29 is 13.2 Å². The van der Waals surface area contributed by atoms with E-state index in [4.69, 9.17) is 0 Å². The predicted octanol–water partition coefficient (Wildman–Crippen LogP) is 4.29. The van der Waals surface area contributed by atoms with Crippen molar-refractivity contribution in [2.75, 3.05) is 24.5 Å². The van der Waals surface area contributed by atoms with E-state index < -0.39 is 18.2 Å². The third-order valence-corrected chi connectivity index (χ3v) is 7.08. The lowest BCUT2D eigenvalue weighted by molar-refractivity contribution is -0.127. The number of piperazine rings is 1. The van der Waals surface area contributed by atoms with Gasteiger partial charge in [-0.1, -0.05) is 24.6 Å². The highest BCUT2D eigenvalue weighted by Crippen LogP contribution is 2.42. The molecule has 1 aliphatic heterocycles. The summed E-state index contributed by atoms with van der Waals surface area (Å²) in [5, 5.41) is 15.5. The molecule has 176 valence electrons. The summed E-state index contributed by atoms with van der Waals surface area (Å²) in [6, 6.07) is 7.32. The molecule has 6 nitrogen and oxygen atoms in total. The standard InChI is InChI=1S/C24H28F3N5O/c1-15-14-31(9-10-32(15)22-13-29-30-23(33)21(22)12-28)16(2)18-7-4-8-19(17-5-3-6-17)20(18)11-24(25,26)27/h4,7-8,13,15-17H,3,5-6,9-11,14H2,1-2H3,(H,30,33)/t15-,16+/m1/s1. The van der Waals surface area contributed by atoms with Gasteiger partial charge in [-0.05, 0) is 49.3 Å². The summed E-state index contributed by atoms with van der Waals surface area (Å²) in [6.45, 7) is 5.70. The van der Waals surface area contributed by atoms with E-state index in [9.17, 15) is 23.2 Å². The van der Waals surface area contributed by atoms with Gasteiger partial charge in [-0.15, -0.1) is 0 Å². The minimum Gasteiger partial charge on any atom is -0.364 e. The van der Waals surface area contributed by atoms with Crippen LogP contribution in [0.3, 0.4) is 0 Å². The molecule has 2 fully saturated rings. The second-order valence-electron chi connectivity index (χ2n) is 9.12. The fourth-order valence-corrected chi connectivity index (χ4v) is 5.13. The number of rotatable bonds is 5. The molecular formula is C24H28F3N5O. The van der Waals surface area contributed by atoms with Crippen LogP contribution in [0.4, 0.5) is 18.9 Å². The van der Waals surface area contributed by atoms with E-state index in [1.54, 1.807) is 0 Å². The number of alkyl halides is 3. The van der Waals surface area contributed by atoms with Gasteiger partial charge in [-0.3, -0.25) is 9.69 Å². The molecule has 0 spiro atoms. The van der Waals surface area contributed by atoms with Crippen LogP contribution in [0.1, 0.15) is 67.3 Å². The Hall–Kier alpha value is -2.86. The van der Waals surface area contributed by atoms with E-state index >= 15 is 0 Å². The first-order chi connectivity index (χ1) is 15.7. The third kappa shape index (κ3) is 4.76. The van der Waals surface area contributed by atoms with E-state index in [1.807, 2.05) is 43.0 Å². The summed E-state index contributed by atoms with van der Waals surface area (Å²) in [7, 11) is 0. The van der Waals surface area contributed by atoms with Crippen molar-refractivity contribution in [2.24, 2.45) is 0 Å². The predicted molar refractivity (Wildman–Crippen MR) is 119 cm³/mol. The number of halogens is 3. The Bertz CT molecular complexity index is 1100. The Balaban J connectivity index is 1.59. The first-order valence-corrected chi connectivity index (χ1v) is 11.4. The maximum Gasteiger partial charge on any atom is 0.393 e. The Kier molecular flexibility index (Phi) is 6.48. The molecule has 1 aliphatic carbocycles. The van der Waals surface area contributed by atoms with Crippen molar-refractivity contribution >= 4 is 5.69 Å². The van der Waals surface area contributed by atoms with Crippen molar-refractivity contribution in [2.45, 2.75) is 63.7 Å². The van der Waals surface area contributed by atoms with Gasteiger partial charge in [-0.2, -0.15) is 23.5 Å². The Morgan fingerprint density at radius 2 is 2.06 bits per heavy atom. The number of anilines is 1. The highest BCUT2D eigenvalue weighted by molar-refractivity contribution is 5.57. The summed E-state index contributed by atoms with van der Waals surface area (Å²) < 4.78 is 40.6. The van der Waals surface area contributed by atoms with Crippen LogP contribution in [0.5, 0.6) is 0 Å². The van der Waals surface area contributed by atoms with Gasteiger partial charge in [0.05, 0.1) is 18.3 Å². The molecule has 2 aliphatic rings. The van der Waals surface area contributed by atoms with Gasteiger partial charge >= 0.3 is 6.18 Å². The maximum absolute atomic E-state index is 13.5. The van der Waals surface area contributed by atoms with Crippen LogP contribution >= 0.6 is 0 Å². The van der Waals surface area contributed by atoms with Crippen LogP contribution in [0.2, 0.25) is 0 Å². The molecule has 0 bridgehead atoms. The molecule has 0 unspecified atom stereocenters. The zero-order valence-electron chi connectivity index (χ0n) is 18.8. The number of hydrogen-bond acceptors (Lipinski definition) is 5. The molecule has 2 aromatic rings. The lowest BCUT2D eigenvalue weighted by atomic mass is 9.76. The molecule has 1 saturated heterocycles.